The van der Waals surface area contributed by atoms with Crippen molar-refractivity contribution in [2.45, 2.75) is 12.8 Å². The normalized spacial score (nSPS) is 14.7. The van der Waals surface area contributed by atoms with Crippen LogP contribution in [0.1, 0.15) is 12.8 Å². The molecule has 1 aliphatic rings. The minimum Gasteiger partial charge on any atom is -0.381 e. The lowest BCUT2D eigenvalue weighted by Gasteiger charge is -2.12. The molecule has 1 aliphatic carbocycles. The maximum Gasteiger partial charge on any atom is 0.0991 e. The Labute approximate surface area is 95.9 Å². The Bertz CT molecular complexity index is 449. The molecule has 0 aliphatic heterocycles. The lowest BCUT2D eigenvalue weighted by atomic mass is 9.99. The van der Waals surface area contributed by atoms with Gasteiger partial charge >= 0.3 is 0 Å². The number of nitriles is 1. The Balaban J connectivity index is 1.99. The van der Waals surface area contributed by atoms with Gasteiger partial charge in [-0.3, -0.25) is 0 Å². The smallest absolute Gasteiger partial charge is 0.0991 e. The topological polar surface area (TPSA) is 35.8 Å². The van der Waals surface area contributed by atoms with Gasteiger partial charge in [0.1, 0.15) is 0 Å². The van der Waals surface area contributed by atoms with E-state index < -0.39 is 0 Å². The molecule has 80 valence electrons. The van der Waals surface area contributed by atoms with Gasteiger partial charge in [0.15, 0.2) is 0 Å². The van der Waals surface area contributed by atoms with E-state index in [1.165, 1.54) is 0 Å². The largest absolute Gasteiger partial charge is 0.381 e. The van der Waals surface area contributed by atoms with Crippen molar-refractivity contribution in [1.82, 2.24) is 0 Å². The van der Waals surface area contributed by atoms with Gasteiger partial charge in [-0.15, -0.1) is 0 Å². The highest BCUT2D eigenvalue weighted by Crippen LogP contribution is 2.18. The van der Waals surface area contributed by atoms with Gasteiger partial charge in [0.25, 0.3) is 0 Å². The molecular weight excluding hydrogens is 196 g/mol. The summed E-state index contributed by atoms with van der Waals surface area (Å²) in [5.41, 5.74) is 3.01. The number of nitrogens with zero attached hydrogens (tertiary/aromatic N) is 1. The molecule has 2 heteroatoms. The van der Waals surface area contributed by atoms with Crippen LogP contribution in [0.25, 0.3) is 0 Å². The van der Waals surface area contributed by atoms with Crippen LogP contribution in [-0.4, -0.2) is 6.54 Å². The molecule has 0 unspecified atom stereocenters. The van der Waals surface area contributed by atoms with Gasteiger partial charge in [-0.25, -0.2) is 0 Å². The SMILES string of the molecule is N#CC1=CCCC=C1CNc1ccccc1. The predicted octanol–water partition coefficient (Wildman–Crippen LogP) is 3.27. The van der Waals surface area contributed by atoms with Crippen LogP contribution in [0.4, 0.5) is 5.69 Å². The van der Waals surface area contributed by atoms with Gasteiger partial charge in [0.05, 0.1) is 11.6 Å². The Kier molecular flexibility index (Phi) is 3.40. The van der Waals surface area contributed by atoms with Gasteiger partial charge in [-0.2, -0.15) is 5.26 Å². The minimum absolute atomic E-state index is 0.726. The monoisotopic (exact) mass is 210 g/mol. The van der Waals surface area contributed by atoms with Crippen molar-refractivity contribution in [1.29, 1.82) is 5.26 Å². The highest BCUT2D eigenvalue weighted by molar-refractivity contribution is 5.50. The molecule has 0 heterocycles. The summed E-state index contributed by atoms with van der Waals surface area (Å²) in [6, 6.07) is 12.3. The zero-order valence-corrected chi connectivity index (χ0v) is 9.11. The van der Waals surface area contributed by atoms with Gasteiger partial charge in [0.2, 0.25) is 0 Å². The quantitative estimate of drug-likeness (QED) is 0.831. The summed E-state index contributed by atoms with van der Waals surface area (Å²) >= 11 is 0. The van der Waals surface area contributed by atoms with Gasteiger partial charge < -0.3 is 5.32 Å². The summed E-state index contributed by atoms with van der Waals surface area (Å²) in [7, 11) is 0. The van der Waals surface area contributed by atoms with E-state index in [1.54, 1.807) is 0 Å². The van der Waals surface area contributed by atoms with Crippen molar-refractivity contribution in [2.75, 3.05) is 11.9 Å². The zero-order valence-electron chi connectivity index (χ0n) is 9.11. The van der Waals surface area contributed by atoms with E-state index in [-0.39, 0.29) is 0 Å². The summed E-state index contributed by atoms with van der Waals surface area (Å²) < 4.78 is 0. The summed E-state index contributed by atoms with van der Waals surface area (Å²) in [5.74, 6) is 0. The van der Waals surface area contributed by atoms with E-state index in [0.717, 1.165) is 36.2 Å². The first-order valence-electron chi connectivity index (χ1n) is 5.49. The Morgan fingerprint density at radius 2 is 1.88 bits per heavy atom. The van der Waals surface area contributed by atoms with Crippen LogP contribution in [0.2, 0.25) is 0 Å². The number of hydrogen-bond donors (Lipinski definition) is 1. The van der Waals surface area contributed by atoms with E-state index in [4.69, 9.17) is 5.26 Å². The summed E-state index contributed by atoms with van der Waals surface area (Å²) in [5, 5.41) is 12.3. The van der Waals surface area contributed by atoms with E-state index >= 15 is 0 Å². The highest BCUT2D eigenvalue weighted by Gasteiger charge is 2.07. The second-order valence-electron chi connectivity index (χ2n) is 3.76. The van der Waals surface area contributed by atoms with Crippen molar-refractivity contribution >= 4 is 5.69 Å². The van der Waals surface area contributed by atoms with Gasteiger partial charge in [-0.1, -0.05) is 30.4 Å². The Morgan fingerprint density at radius 3 is 2.62 bits per heavy atom. The molecule has 0 amide bonds. The minimum atomic E-state index is 0.726. The first-order chi connectivity index (χ1) is 7.90. The molecule has 2 nitrogen and oxygen atoms in total. The van der Waals surface area contributed by atoms with Crippen molar-refractivity contribution in [3.8, 4) is 6.07 Å². The van der Waals surface area contributed by atoms with Crippen LogP contribution in [0.3, 0.4) is 0 Å². The molecule has 0 saturated heterocycles. The molecule has 16 heavy (non-hydrogen) atoms. The van der Waals surface area contributed by atoms with Crippen LogP contribution in [0.15, 0.2) is 53.6 Å². The van der Waals surface area contributed by atoms with Crippen molar-refractivity contribution in [3.63, 3.8) is 0 Å². The van der Waals surface area contributed by atoms with Crippen LogP contribution in [0.5, 0.6) is 0 Å². The van der Waals surface area contributed by atoms with Crippen molar-refractivity contribution in [3.05, 3.63) is 53.6 Å². The maximum atomic E-state index is 8.97. The van der Waals surface area contributed by atoms with E-state index in [1.807, 2.05) is 36.4 Å². The molecule has 1 aromatic carbocycles. The number of nitrogens with one attached hydrogen (secondary N) is 1. The summed E-state index contributed by atoms with van der Waals surface area (Å²) in [6.07, 6.45) is 6.19. The number of hydrogen-bond acceptors (Lipinski definition) is 2. The van der Waals surface area contributed by atoms with Crippen LogP contribution in [0, 0.1) is 11.3 Å². The molecule has 1 aromatic rings. The number of anilines is 1. The van der Waals surface area contributed by atoms with Crippen LogP contribution < -0.4 is 5.32 Å². The van der Waals surface area contributed by atoms with Crippen molar-refractivity contribution in [2.24, 2.45) is 0 Å². The molecule has 0 aromatic heterocycles. The number of para-hydroxylation sites is 1. The van der Waals surface area contributed by atoms with Gasteiger partial charge in [0, 0.05) is 12.2 Å². The second kappa shape index (κ2) is 5.18. The van der Waals surface area contributed by atoms with E-state index in [9.17, 15) is 0 Å². The molecule has 2 rings (SSSR count). The zero-order chi connectivity index (χ0) is 11.2. The first kappa shape index (κ1) is 10.5. The standard InChI is InChI=1S/C14H14N2/c15-10-12-6-4-5-7-13(12)11-16-14-8-2-1-3-9-14/h1-3,6-9,16H,4-5,11H2. The molecule has 1 N–H and O–H groups in total. The van der Waals surface area contributed by atoms with Gasteiger partial charge in [-0.05, 0) is 30.5 Å². The predicted molar refractivity (Wildman–Crippen MR) is 65.9 cm³/mol. The molecule has 0 fully saturated rings. The third kappa shape index (κ3) is 2.52. The van der Waals surface area contributed by atoms with E-state index in [2.05, 4.69) is 17.5 Å². The maximum absolute atomic E-state index is 8.97. The summed E-state index contributed by atoms with van der Waals surface area (Å²) in [6.45, 7) is 0.726. The fourth-order valence-electron chi connectivity index (χ4n) is 1.76. The third-order valence-electron chi connectivity index (χ3n) is 2.63. The molecule has 0 bridgehead atoms. The third-order valence-corrected chi connectivity index (χ3v) is 2.63. The van der Waals surface area contributed by atoms with Crippen LogP contribution in [-0.2, 0) is 0 Å². The number of benzene rings is 1. The molecule has 0 radical (unpaired) electrons. The molecular formula is C14H14N2. The Hall–Kier alpha value is -2.01. The molecule has 0 spiro atoms. The first-order valence-corrected chi connectivity index (χ1v) is 5.49. The average molecular weight is 210 g/mol. The number of allylic oxidation sites excluding steroid dienone is 2. The van der Waals surface area contributed by atoms with E-state index in [0.29, 0.717) is 0 Å². The summed E-state index contributed by atoms with van der Waals surface area (Å²) in [4.78, 5) is 0. The lowest BCUT2D eigenvalue weighted by molar-refractivity contribution is 0.989. The highest BCUT2D eigenvalue weighted by atomic mass is 14.9. The molecule has 0 saturated carbocycles. The average Bonchev–Trinajstić information content (AvgIpc) is 2.38. The molecule has 0 atom stereocenters. The van der Waals surface area contributed by atoms with Crippen LogP contribution >= 0.6 is 0 Å². The fourth-order valence-corrected chi connectivity index (χ4v) is 1.76. The number of rotatable bonds is 3. The second-order valence-corrected chi connectivity index (χ2v) is 3.76. The van der Waals surface area contributed by atoms with Crippen molar-refractivity contribution < 1.29 is 0 Å². The Morgan fingerprint density at radius 1 is 1.12 bits per heavy atom. The fraction of sp³-hybridized carbons (Fsp3) is 0.214. The lowest BCUT2D eigenvalue weighted by Crippen LogP contribution is -2.07.